The number of nitrogen functional groups attached to an aromatic ring is 1. The Hall–Kier alpha value is -2.57. The molecule has 1 aromatic carbocycles. The molecule has 0 aliphatic heterocycles. The summed E-state index contributed by atoms with van der Waals surface area (Å²) in [5.74, 6) is 1.73. The summed E-state index contributed by atoms with van der Waals surface area (Å²) in [5.41, 5.74) is 6.43. The third-order valence-electron chi connectivity index (χ3n) is 2.62. The topological polar surface area (TPSA) is 92.4 Å². The van der Waals surface area contributed by atoms with E-state index in [-0.39, 0.29) is 18.1 Å². The van der Waals surface area contributed by atoms with Crippen molar-refractivity contribution in [1.82, 2.24) is 15.0 Å². The van der Waals surface area contributed by atoms with Crippen LogP contribution in [0.5, 0.6) is 17.5 Å². The summed E-state index contributed by atoms with van der Waals surface area (Å²) in [5, 5.41) is 0. The number of ether oxygens (including phenoxy) is 3. The van der Waals surface area contributed by atoms with E-state index < -0.39 is 0 Å². The quantitative estimate of drug-likeness (QED) is 0.899. The minimum Gasteiger partial charge on any atom is -0.493 e. The van der Waals surface area contributed by atoms with Crippen molar-refractivity contribution in [3.8, 4) is 28.9 Å². The van der Waals surface area contributed by atoms with Crippen molar-refractivity contribution in [2.45, 2.75) is 20.0 Å². The first-order chi connectivity index (χ1) is 10.0. The maximum absolute atomic E-state index is 5.70. The molecule has 2 aromatic rings. The van der Waals surface area contributed by atoms with Gasteiger partial charge in [0.25, 0.3) is 0 Å². The molecule has 1 heterocycles. The molecule has 0 unspecified atom stereocenters. The third-order valence-corrected chi connectivity index (χ3v) is 2.62. The van der Waals surface area contributed by atoms with Crippen molar-refractivity contribution >= 4 is 5.95 Å². The third kappa shape index (κ3) is 3.50. The van der Waals surface area contributed by atoms with Crippen LogP contribution in [-0.2, 0) is 0 Å². The van der Waals surface area contributed by atoms with Crippen molar-refractivity contribution in [2.24, 2.45) is 0 Å². The Morgan fingerprint density at radius 2 is 1.71 bits per heavy atom. The molecule has 0 aliphatic carbocycles. The Morgan fingerprint density at radius 1 is 1.00 bits per heavy atom. The van der Waals surface area contributed by atoms with Gasteiger partial charge in [-0.05, 0) is 32.0 Å². The van der Waals surface area contributed by atoms with E-state index in [0.29, 0.717) is 17.3 Å². The van der Waals surface area contributed by atoms with Gasteiger partial charge in [-0.1, -0.05) is 0 Å². The zero-order chi connectivity index (χ0) is 15.4. The Balaban J connectivity index is 2.43. The van der Waals surface area contributed by atoms with Crippen molar-refractivity contribution in [1.29, 1.82) is 0 Å². The summed E-state index contributed by atoms with van der Waals surface area (Å²) in [6.07, 6.45) is -0.0509. The lowest BCUT2D eigenvalue weighted by molar-refractivity contribution is 0.222. The fourth-order valence-electron chi connectivity index (χ4n) is 1.74. The van der Waals surface area contributed by atoms with Crippen molar-refractivity contribution in [3.05, 3.63) is 18.2 Å². The van der Waals surface area contributed by atoms with E-state index in [2.05, 4.69) is 15.0 Å². The van der Waals surface area contributed by atoms with E-state index in [1.165, 1.54) is 0 Å². The van der Waals surface area contributed by atoms with Crippen LogP contribution in [0.2, 0.25) is 0 Å². The highest BCUT2D eigenvalue weighted by Crippen LogP contribution is 2.31. The average molecular weight is 290 g/mol. The van der Waals surface area contributed by atoms with E-state index in [1.807, 2.05) is 19.9 Å². The predicted molar refractivity (Wildman–Crippen MR) is 78.5 cm³/mol. The van der Waals surface area contributed by atoms with Crippen LogP contribution in [0.3, 0.4) is 0 Å². The molecule has 2 rings (SSSR count). The molecule has 7 heteroatoms. The molecule has 1 aromatic heterocycles. The molecule has 21 heavy (non-hydrogen) atoms. The Morgan fingerprint density at radius 3 is 2.33 bits per heavy atom. The Labute approximate surface area is 123 Å². The second-order valence-electron chi connectivity index (χ2n) is 4.54. The van der Waals surface area contributed by atoms with Crippen LogP contribution in [-0.4, -0.2) is 35.3 Å². The van der Waals surface area contributed by atoms with Crippen LogP contribution in [0.15, 0.2) is 18.2 Å². The van der Waals surface area contributed by atoms with E-state index in [1.54, 1.807) is 26.4 Å². The van der Waals surface area contributed by atoms with Gasteiger partial charge in [-0.2, -0.15) is 15.0 Å². The van der Waals surface area contributed by atoms with Crippen LogP contribution in [0.25, 0.3) is 11.4 Å². The molecule has 7 nitrogen and oxygen atoms in total. The zero-order valence-electron chi connectivity index (χ0n) is 12.5. The largest absolute Gasteiger partial charge is 0.493 e. The average Bonchev–Trinajstić information content (AvgIpc) is 2.45. The first kappa shape index (κ1) is 14.8. The minimum absolute atomic E-state index is 0.0509. The van der Waals surface area contributed by atoms with Crippen molar-refractivity contribution < 1.29 is 14.2 Å². The molecule has 0 amide bonds. The SMILES string of the molecule is COc1ccc(-c2nc(N)nc(OC(C)C)n2)cc1OC. The van der Waals surface area contributed by atoms with Crippen LogP contribution < -0.4 is 19.9 Å². The lowest BCUT2D eigenvalue weighted by Gasteiger charge is -2.11. The second-order valence-corrected chi connectivity index (χ2v) is 4.54. The summed E-state index contributed by atoms with van der Waals surface area (Å²) in [4.78, 5) is 12.3. The standard InChI is InChI=1S/C14H18N4O3/c1-8(2)21-14-17-12(16-13(15)18-14)9-5-6-10(19-3)11(7-9)20-4/h5-8H,1-4H3,(H2,15,16,17,18). The van der Waals surface area contributed by atoms with E-state index in [9.17, 15) is 0 Å². The number of hydrogen-bond acceptors (Lipinski definition) is 7. The van der Waals surface area contributed by atoms with Gasteiger partial charge < -0.3 is 19.9 Å². The van der Waals surface area contributed by atoms with Gasteiger partial charge in [0.2, 0.25) is 5.95 Å². The summed E-state index contributed by atoms with van der Waals surface area (Å²) < 4.78 is 15.9. The maximum Gasteiger partial charge on any atom is 0.322 e. The van der Waals surface area contributed by atoms with Gasteiger partial charge in [0.1, 0.15) is 0 Å². The van der Waals surface area contributed by atoms with Crippen LogP contribution in [0, 0.1) is 0 Å². The Bertz CT molecular complexity index is 632. The lowest BCUT2D eigenvalue weighted by atomic mass is 10.2. The number of aromatic nitrogens is 3. The monoisotopic (exact) mass is 290 g/mol. The lowest BCUT2D eigenvalue weighted by Crippen LogP contribution is -2.11. The van der Waals surface area contributed by atoms with Gasteiger partial charge in [0, 0.05) is 5.56 Å². The summed E-state index contributed by atoms with van der Waals surface area (Å²) in [6.45, 7) is 3.77. The molecule has 0 saturated carbocycles. The molecule has 0 spiro atoms. The summed E-state index contributed by atoms with van der Waals surface area (Å²) >= 11 is 0. The maximum atomic E-state index is 5.70. The van der Waals surface area contributed by atoms with Gasteiger partial charge in [-0.15, -0.1) is 0 Å². The first-order valence-corrected chi connectivity index (χ1v) is 6.44. The van der Waals surface area contributed by atoms with Crippen LogP contribution >= 0.6 is 0 Å². The van der Waals surface area contributed by atoms with Crippen molar-refractivity contribution in [3.63, 3.8) is 0 Å². The molecule has 0 fully saturated rings. The number of methoxy groups -OCH3 is 2. The molecular weight excluding hydrogens is 272 g/mol. The molecule has 0 bridgehead atoms. The number of rotatable bonds is 5. The van der Waals surface area contributed by atoms with Crippen molar-refractivity contribution in [2.75, 3.05) is 20.0 Å². The molecule has 0 saturated heterocycles. The molecular formula is C14H18N4O3. The van der Waals surface area contributed by atoms with E-state index in [0.717, 1.165) is 5.56 Å². The fourth-order valence-corrected chi connectivity index (χ4v) is 1.74. The number of benzene rings is 1. The van der Waals surface area contributed by atoms with E-state index >= 15 is 0 Å². The summed E-state index contributed by atoms with van der Waals surface area (Å²) in [7, 11) is 3.14. The predicted octanol–water partition coefficient (Wildman–Crippen LogP) is 1.93. The van der Waals surface area contributed by atoms with Gasteiger partial charge in [-0.25, -0.2) is 0 Å². The molecule has 0 radical (unpaired) electrons. The molecule has 2 N–H and O–H groups in total. The van der Waals surface area contributed by atoms with Crippen LogP contribution in [0.4, 0.5) is 5.95 Å². The minimum atomic E-state index is -0.0509. The van der Waals surface area contributed by atoms with Gasteiger partial charge >= 0.3 is 6.01 Å². The Kier molecular flexibility index (Phi) is 4.42. The normalized spacial score (nSPS) is 10.5. The fraction of sp³-hybridized carbons (Fsp3) is 0.357. The van der Waals surface area contributed by atoms with E-state index in [4.69, 9.17) is 19.9 Å². The zero-order valence-corrected chi connectivity index (χ0v) is 12.5. The highest BCUT2D eigenvalue weighted by atomic mass is 16.5. The molecule has 0 aliphatic rings. The smallest absolute Gasteiger partial charge is 0.322 e. The number of hydrogen-bond donors (Lipinski definition) is 1. The van der Waals surface area contributed by atoms with Gasteiger partial charge in [-0.3, -0.25) is 0 Å². The number of nitrogens with zero attached hydrogens (tertiary/aromatic N) is 3. The van der Waals surface area contributed by atoms with Gasteiger partial charge in [0.05, 0.1) is 20.3 Å². The highest BCUT2D eigenvalue weighted by molar-refractivity contribution is 5.61. The number of nitrogens with two attached hydrogens (primary N) is 1. The summed E-state index contributed by atoms with van der Waals surface area (Å²) in [6, 6.07) is 5.56. The molecule has 0 atom stereocenters. The van der Waals surface area contributed by atoms with Crippen LogP contribution in [0.1, 0.15) is 13.8 Å². The molecule has 112 valence electrons. The highest BCUT2D eigenvalue weighted by Gasteiger charge is 2.12. The first-order valence-electron chi connectivity index (χ1n) is 6.44. The second kappa shape index (κ2) is 6.25. The number of anilines is 1. The van der Waals surface area contributed by atoms with Gasteiger partial charge in [0.15, 0.2) is 17.3 Å².